The van der Waals surface area contributed by atoms with Crippen LogP contribution in [0.2, 0.25) is 0 Å². The minimum Gasteiger partial charge on any atom is -0.481 e. The molecule has 0 aliphatic heterocycles. The Morgan fingerprint density at radius 1 is 0.392 bits per heavy atom. The van der Waals surface area contributed by atoms with Gasteiger partial charge in [-0.3, -0.25) is 48.2 Å². The Morgan fingerprint density at radius 3 is 0.745 bits per heavy atom. The third-order valence-corrected chi connectivity index (χ3v) is 3.60. The van der Waals surface area contributed by atoms with Gasteiger partial charge >= 0.3 is 23.9 Å². The topological polar surface area (TPSA) is 403 Å². The van der Waals surface area contributed by atoms with Crippen LogP contribution in [0.5, 0.6) is 0 Å². The Kier molecular flexibility index (Phi) is 52.2. The largest absolute Gasteiger partial charge is 0.481 e. The molecule has 0 atom stereocenters. The highest BCUT2D eigenvalue weighted by Crippen LogP contribution is 1.92. The summed E-state index contributed by atoms with van der Waals surface area (Å²) in [4.78, 5) is 89.3. The van der Waals surface area contributed by atoms with Crippen LogP contribution < -0.4 is 11.8 Å². The summed E-state index contributed by atoms with van der Waals surface area (Å²) in [5.74, 6) is 1.53. The summed E-state index contributed by atoms with van der Waals surface area (Å²) >= 11 is 0. The predicted molar refractivity (Wildman–Crippen MR) is 169 cm³/mol. The number of hydrogen-bond acceptors (Lipinski definition) is 17. The van der Waals surface area contributed by atoms with Gasteiger partial charge in [0, 0.05) is 40.8 Å². The van der Waals surface area contributed by atoms with E-state index in [4.69, 9.17) is 86.0 Å². The van der Waals surface area contributed by atoms with Gasteiger partial charge in [-0.05, 0) is 0 Å². The molecular formula is C26H52N4O21. The zero-order valence-corrected chi connectivity index (χ0v) is 28.8. The van der Waals surface area contributed by atoms with Crippen molar-refractivity contribution in [2.45, 2.75) is 27.7 Å². The summed E-state index contributed by atoms with van der Waals surface area (Å²) in [5.41, 5.74) is 0. The molecule has 0 spiro atoms. The van der Waals surface area contributed by atoms with Gasteiger partial charge in [-0.2, -0.15) is 0 Å². The molecule has 0 aliphatic rings. The van der Waals surface area contributed by atoms with Gasteiger partial charge < -0.3 is 64.7 Å². The summed E-state index contributed by atoms with van der Waals surface area (Å²) in [5, 5.41) is 64.4. The minimum absolute atomic E-state index is 0.119. The SMILES string of the molecule is CC(=O)O.CC(=O)O.CC(=O)O.CC(=O)O.NOCCOCCON.O=C(O)CN(CCOCCOCCN(CC(=O)O)CC(=O)O)CC(=O)O. The van der Waals surface area contributed by atoms with E-state index in [1.165, 1.54) is 9.80 Å². The van der Waals surface area contributed by atoms with Gasteiger partial charge in [0.2, 0.25) is 0 Å². The average Bonchev–Trinajstić information content (AvgIpc) is 2.92. The summed E-state index contributed by atoms with van der Waals surface area (Å²) in [7, 11) is 0. The van der Waals surface area contributed by atoms with Crippen molar-refractivity contribution in [3.8, 4) is 0 Å². The van der Waals surface area contributed by atoms with Crippen LogP contribution in [0.4, 0.5) is 0 Å². The number of hydrogen-bond donors (Lipinski definition) is 10. The maximum absolute atomic E-state index is 10.6. The molecule has 0 bridgehead atoms. The lowest BCUT2D eigenvalue weighted by molar-refractivity contribution is -0.144. The molecule has 51 heavy (non-hydrogen) atoms. The number of carboxylic acids is 8. The molecule has 25 nitrogen and oxygen atoms in total. The van der Waals surface area contributed by atoms with Gasteiger partial charge in [-0.25, -0.2) is 11.8 Å². The fourth-order valence-electron chi connectivity index (χ4n) is 2.22. The number of nitrogens with two attached hydrogens (primary N) is 2. The quantitative estimate of drug-likeness (QED) is 0.0369. The minimum atomic E-state index is -1.14. The van der Waals surface area contributed by atoms with Gasteiger partial charge in [0.05, 0.1) is 79.0 Å². The standard InChI is InChI=1S/C14H24N2O10.C4H12N2O3.4C2H4O2/c17-11(18)7-15(8-12(19)20)1-3-25-5-6-26-4-2-16(9-13(21)22)10-14(23)24;5-8-3-1-7-2-4-9-6;4*1-2(3)4/h1-10H2,(H,17,18)(H,19,20)(H,21,22)(H,23,24);1-6H2;4*1H3,(H,3,4). The molecule has 0 saturated carbocycles. The fourth-order valence-corrected chi connectivity index (χ4v) is 2.22. The number of nitrogens with zero attached hydrogens (tertiary/aromatic N) is 2. The van der Waals surface area contributed by atoms with E-state index in [-0.39, 0.29) is 39.5 Å². The van der Waals surface area contributed by atoms with Crippen molar-refractivity contribution in [2.24, 2.45) is 11.8 Å². The second-order valence-corrected chi connectivity index (χ2v) is 8.65. The number of carbonyl (C=O) groups is 8. The monoisotopic (exact) mass is 756 g/mol. The summed E-state index contributed by atoms with van der Waals surface area (Å²) in [6.45, 7) is 5.27. The molecule has 0 fully saturated rings. The van der Waals surface area contributed by atoms with Crippen molar-refractivity contribution in [3.05, 3.63) is 0 Å². The van der Waals surface area contributed by atoms with Gasteiger partial charge in [0.1, 0.15) is 0 Å². The second-order valence-electron chi connectivity index (χ2n) is 8.65. The van der Waals surface area contributed by atoms with Crippen molar-refractivity contribution in [1.29, 1.82) is 0 Å². The molecular weight excluding hydrogens is 704 g/mol. The molecule has 0 rings (SSSR count). The third-order valence-electron chi connectivity index (χ3n) is 3.60. The van der Waals surface area contributed by atoms with Gasteiger partial charge in [-0.15, -0.1) is 0 Å². The fraction of sp³-hybridized carbons (Fsp3) is 0.692. The first kappa shape index (κ1) is 58.6. The van der Waals surface area contributed by atoms with E-state index in [9.17, 15) is 19.2 Å². The van der Waals surface area contributed by atoms with Gasteiger partial charge in [-0.1, -0.05) is 0 Å². The van der Waals surface area contributed by atoms with E-state index in [0.717, 1.165) is 27.7 Å². The van der Waals surface area contributed by atoms with Crippen LogP contribution in [0.25, 0.3) is 0 Å². The highest BCUT2D eigenvalue weighted by molar-refractivity contribution is 5.73. The van der Waals surface area contributed by atoms with Crippen LogP contribution in [-0.4, -0.2) is 191 Å². The first-order chi connectivity index (χ1) is 23.5. The highest BCUT2D eigenvalue weighted by Gasteiger charge is 2.14. The Bertz CT molecular complexity index is 795. The van der Waals surface area contributed by atoms with Crippen molar-refractivity contribution in [3.63, 3.8) is 0 Å². The Hall–Kier alpha value is -4.60. The lowest BCUT2D eigenvalue weighted by Gasteiger charge is -2.18. The first-order valence-electron chi connectivity index (χ1n) is 14.0. The normalized spacial score (nSPS) is 9.33. The zero-order valence-electron chi connectivity index (χ0n) is 28.8. The van der Waals surface area contributed by atoms with Crippen LogP contribution in [0, 0.1) is 0 Å². The average molecular weight is 757 g/mol. The Balaban J connectivity index is -0.000000163. The van der Waals surface area contributed by atoms with E-state index in [1.54, 1.807) is 0 Å². The molecule has 0 heterocycles. The molecule has 0 radical (unpaired) electrons. The van der Waals surface area contributed by atoms with E-state index < -0.39 is 73.9 Å². The van der Waals surface area contributed by atoms with E-state index in [2.05, 4.69) is 9.68 Å². The predicted octanol–water partition coefficient (Wildman–Crippen LogP) is -2.89. The van der Waals surface area contributed by atoms with Crippen LogP contribution in [0.3, 0.4) is 0 Å². The van der Waals surface area contributed by atoms with Crippen LogP contribution in [0.1, 0.15) is 27.7 Å². The molecule has 25 heteroatoms. The molecule has 0 aliphatic carbocycles. The Labute approximate surface area is 292 Å². The molecule has 0 amide bonds. The number of aliphatic carboxylic acids is 8. The molecule has 0 aromatic carbocycles. The van der Waals surface area contributed by atoms with Crippen LogP contribution in [-0.2, 0) is 62.2 Å². The molecule has 302 valence electrons. The van der Waals surface area contributed by atoms with Crippen molar-refractivity contribution < 1.29 is 103 Å². The van der Waals surface area contributed by atoms with Crippen molar-refractivity contribution in [1.82, 2.24) is 9.80 Å². The van der Waals surface area contributed by atoms with E-state index in [1.807, 2.05) is 0 Å². The summed E-state index contributed by atoms with van der Waals surface area (Å²) < 4.78 is 15.3. The number of rotatable bonds is 23. The lowest BCUT2D eigenvalue weighted by Crippen LogP contribution is -2.37. The first-order valence-corrected chi connectivity index (χ1v) is 14.0. The van der Waals surface area contributed by atoms with Crippen molar-refractivity contribution >= 4 is 47.8 Å². The maximum Gasteiger partial charge on any atom is 0.317 e. The highest BCUT2D eigenvalue weighted by atomic mass is 16.6. The molecule has 0 saturated heterocycles. The van der Waals surface area contributed by atoms with Crippen molar-refractivity contribution in [2.75, 3.05) is 92.1 Å². The molecule has 0 aromatic heterocycles. The Morgan fingerprint density at radius 2 is 0.569 bits per heavy atom. The van der Waals surface area contributed by atoms with Crippen LogP contribution in [0.15, 0.2) is 0 Å². The zero-order chi connectivity index (χ0) is 41.2. The second kappa shape index (κ2) is 45.4. The summed E-state index contributed by atoms with van der Waals surface area (Å²) in [6.07, 6.45) is 0. The van der Waals surface area contributed by atoms with Gasteiger partial charge in [0.25, 0.3) is 23.9 Å². The van der Waals surface area contributed by atoms with E-state index in [0.29, 0.717) is 26.4 Å². The number of ether oxygens (including phenoxy) is 3. The molecule has 0 unspecified atom stereocenters. The molecule has 0 aromatic rings. The van der Waals surface area contributed by atoms with E-state index >= 15 is 0 Å². The molecule has 12 N–H and O–H groups in total. The lowest BCUT2D eigenvalue weighted by atomic mass is 10.4. The maximum atomic E-state index is 10.6. The van der Waals surface area contributed by atoms with Gasteiger partial charge in [0.15, 0.2) is 0 Å². The summed E-state index contributed by atoms with van der Waals surface area (Å²) in [6, 6.07) is 0. The number of carboxylic acid groups (broad SMARTS) is 8. The van der Waals surface area contributed by atoms with Crippen LogP contribution >= 0.6 is 0 Å². The smallest absolute Gasteiger partial charge is 0.317 e. The third kappa shape index (κ3) is 106.